The van der Waals surface area contributed by atoms with E-state index in [2.05, 4.69) is 23.5 Å². The van der Waals surface area contributed by atoms with Gasteiger partial charge in [0.25, 0.3) is 0 Å². The van der Waals surface area contributed by atoms with Crippen LogP contribution in [0.1, 0.15) is 12.0 Å². The average molecular weight is 339 g/mol. The van der Waals surface area contributed by atoms with Crippen LogP contribution in [-0.2, 0) is 16.1 Å². The lowest BCUT2D eigenvalue weighted by atomic mass is 10.0. The topological polar surface area (TPSA) is 52.6 Å². The predicted molar refractivity (Wildman–Crippen MR) is 99.0 cm³/mol. The number of fused-ring (bicyclic) bond motifs is 1. The van der Waals surface area contributed by atoms with Gasteiger partial charge in [0.05, 0.1) is 5.92 Å². The van der Waals surface area contributed by atoms with E-state index in [9.17, 15) is 9.59 Å². The molecule has 2 aromatic carbocycles. The van der Waals surface area contributed by atoms with Gasteiger partial charge in [-0.1, -0.05) is 42.5 Å². The number of carbonyl (C=O) groups excluding carboxylic acids is 2. The Hall–Kier alpha value is -2.40. The largest absolute Gasteiger partial charge is 0.352 e. The molecule has 1 aliphatic heterocycles. The van der Waals surface area contributed by atoms with Crippen molar-refractivity contribution in [2.75, 3.05) is 33.7 Å². The molecular formula is C20H25N3O2. The Morgan fingerprint density at radius 1 is 1.20 bits per heavy atom. The molecule has 132 valence electrons. The smallest absolute Gasteiger partial charge is 0.225 e. The normalized spacial score (nSPS) is 17.5. The average Bonchev–Trinajstić information content (AvgIpc) is 2.98. The molecule has 0 spiro atoms. The molecule has 1 N–H and O–H groups in total. The molecule has 5 heteroatoms. The fraction of sp³-hybridized carbons (Fsp3) is 0.400. The van der Waals surface area contributed by atoms with Crippen LogP contribution in [-0.4, -0.2) is 55.3 Å². The van der Waals surface area contributed by atoms with Crippen molar-refractivity contribution in [1.82, 2.24) is 15.1 Å². The number of rotatable bonds is 6. The summed E-state index contributed by atoms with van der Waals surface area (Å²) in [5, 5.41) is 5.33. The molecule has 1 atom stereocenters. The summed E-state index contributed by atoms with van der Waals surface area (Å²) in [5.41, 5.74) is 1.10. The maximum Gasteiger partial charge on any atom is 0.225 e. The van der Waals surface area contributed by atoms with Crippen molar-refractivity contribution in [2.24, 2.45) is 5.92 Å². The Morgan fingerprint density at radius 3 is 2.76 bits per heavy atom. The van der Waals surface area contributed by atoms with Crippen molar-refractivity contribution in [3.05, 3.63) is 48.0 Å². The zero-order valence-electron chi connectivity index (χ0n) is 14.9. The lowest BCUT2D eigenvalue weighted by molar-refractivity contribution is -0.129. The summed E-state index contributed by atoms with van der Waals surface area (Å²) in [5.74, 6) is -0.203. The van der Waals surface area contributed by atoms with E-state index in [-0.39, 0.29) is 17.7 Å². The first-order valence-corrected chi connectivity index (χ1v) is 8.71. The molecule has 0 aromatic heterocycles. The summed E-state index contributed by atoms with van der Waals surface area (Å²) in [6.45, 7) is 2.51. The van der Waals surface area contributed by atoms with Gasteiger partial charge in [-0.15, -0.1) is 0 Å². The van der Waals surface area contributed by atoms with Crippen LogP contribution in [0.3, 0.4) is 0 Å². The Kier molecular flexibility index (Phi) is 5.34. The van der Waals surface area contributed by atoms with Gasteiger partial charge in [0.2, 0.25) is 11.8 Å². The number of likely N-dealkylation sites (N-methyl/N-ethyl adjacent to an activating group) is 1. The highest BCUT2D eigenvalue weighted by molar-refractivity contribution is 5.90. The third-order valence-electron chi connectivity index (χ3n) is 4.74. The van der Waals surface area contributed by atoms with Gasteiger partial charge in [-0.3, -0.25) is 9.59 Å². The number of nitrogens with zero attached hydrogens (tertiary/aromatic N) is 2. The van der Waals surface area contributed by atoms with Gasteiger partial charge in [-0.2, -0.15) is 0 Å². The van der Waals surface area contributed by atoms with Gasteiger partial charge in [0.1, 0.15) is 0 Å². The van der Waals surface area contributed by atoms with Gasteiger partial charge in [0, 0.05) is 32.6 Å². The van der Waals surface area contributed by atoms with E-state index in [0.717, 1.165) is 17.5 Å². The molecule has 1 heterocycles. The summed E-state index contributed by atoms with van der Waals surface area (Å²) >= 11 is 0. The molecule has 3 rings (SSSR count). The molecule has 1 saturated heterocycles. The molecule has 0 unspecified atom stereocenters. The van der Waals surface area contributed by atoms with Crippen molar-refractivity contribution in [3.63, 3.8) is 0 Å². The van der Waals surface area contributed by atoms with Crippen molar-refractivity contribution in [1.29, 1.82) is 0 Å². The van der Waals surface area contributed by atoms with Crippen LogP contribution < -0.4 is 5.32 Å². The summed E-state index contributed by atoms with van der Waals surface area (Å²) in [7, 11) is 3.96. The molecule has 25 heavy (non-hydrogen) atoms. The van der Waals surface area contributed by atoms with E-state index < -0.39 is 0 Å². The minimum Gasteiger partial charge on any atom is -0.352 e. The van der Waals surface area contributed by atoms with E-state index in [1.807, 2.05) is 43.3 Å². The summed E-state index contributed by atoms with van der Waals surface area (Å²) in [6, 6.07) is 14.3. The van der Waals surface area contributed by atoms with Crippen LogP contribution >= 0.6 is 0 Å². The fourth-order valence-corrected chi connectivity index (χ4v) is 3.26. The highest BCUT2D eigenvalue weighted by Crippen LogP contribution is 2.20. The van der Waals surface area contributed by atoms with Crippen LogP contribution in [0.2, 0.25) is 0 Å². The molecule has 5 nitrogen and oxygen atoms in total. The summed E-state index contributed by atoms with van der Waals surface area (Å²) in [6.07, 6.45) is 0.314. The number of amides is 2. The first-order chi connectivity index (χ1) is 12.0. The number of nitrogens with one attached hydrogen (secondary N) is 1. The van der Waals surface area contributed by atoms with Gasteiger partial charge in [0.15, 0.2) is 0 Å². The number of benzene rings is 2. The molecule has 2 aromatic rings. The monoisotopic (exact) mass is 339 g/mol. The predicted octanol–water partition coefficient (Wildman–Crippen LogP) is 1.87. The van der Waals surface area contributed by atoms with E-state index in [1.165, 1.54) is 5.39 Å². The van der Waals surface area contributed by atoms with Gasteiger partial charge in [-0.05, 0) is 30.4 Å². The third-order valence-corrected chi connectivity index (χ3v) is 4.74. The Morgan fingerprint density at radius 2 is 1.96 bits per heavy atom. The Balaban J connectivity index is 1.58. The molecular weight excluding hydrogens is 314 g/mol. The SMILES string of the molecule is CN(C)CCN1C[C@@H](C(=O)NCc2cccc3ccccc23)CC1=O. The van der Waals surface area contributed by atoms with Crippen LogP contribution in [0, 0.1) is 5.92 Å². The highest BCUT2D eigenvalue weighted by atomic mass is 16.2. The highest BCUT2D eigenvalue weighted by Gasteiger charge is 2.33. The zero-order valence-corrected chi connectivity index (χ0v) is 14.9. The molecule has 0 bridgehead atoms. The van der Waals surface area contributed by atoms with E-state index in [0.29, 0.717) is 26.1 Å². The maximum absolute atomic E-state index is 12.5. The van der Waals surface area contributed by atoms with Crippen LogP contribution in [0.5, 0.6) is 0 Å². The molecule has 1 aliphatic rings. The lowest BCUT2D eigenvalue weighted by Crippen LogP contribution is -2.35. The molecule has 0 radical (unpaired) electrons. The van der Waals surface area contributed by atoms with Gasteiger partial charge < -0.3 is 15.1 Å². The second-order valence-corrected chi connectivity index (χ2v) is 6.90. The quantitative estimate of drug-likeness (QED) is 0.874. The van der Waals surface area contributed by atoms with E-state index in [4.69, 9.17) is 0 Å². The van der Waals surface area contributed by atoms with E-state index in [1.54, 1.807) is 4.90 Å². The Bertz CT molecular complexity index is 767. The molecule has 1 fully saturated rings. The van der Waals surface area contributed by atoms with Crippen LogP contribution in [0.25, 0.3) is 10.8 Å². The van der Waals surface area contributed by atoms with Crippen molar-refractivity contribution in [3.8, 4) is 0 Å². The second-order valence-electron chi connectivity index (χ2n) is 6.90. The third kappa shape index (κ3) is 4.17. The first kappa shape index (κ1) is 17.4. The van der Waals surface area contributed by atoms with E-state index >= 15 is 0 Å². The maximum atomic E-state index is 12.5. The van der Waals surface area contributed by atoms with Crippen LogP contribution in [0.4, 0.5) is 0 Å². The van der Waals surface area contributed by atoms with Crippen molar-refractivity contribution < 1.29 is 9.59 Å². The fourth-order valence-electron chi connectivity index (χ4n) is 3.26. The minimum absolute atomic E-state index is 0.0337. The minimum atomic E-state index is -0.246. The number of likely N-dealkylation sites (tertiary alicyclic amines) is 1. The number of hydrogen-bond acceptors (Lipinski definition) is 3. The van der Waals surface area contributed by atoms with Crippen molar-refractivity contribution in [2.45, 2.75) is 13.0 Å². The lowest BCUT2D eigenvalue weighted by Gasteiger charge is -2.19. The van der Waals surface area contributed by atoms with Gasteiger partial charge >= 0.3 is 0 Å². The first-order valence-electron chi connectivity index (χ1n) is 8.71. The van der Waals surface area contributed by atoms with Crippen molar-refractivity contribution >= 4 is 22.6 Å². The Labute approximate surface area is 148 Å². The van der Waals surface area contributed by atoms with Gasteiger partial charge in [-0.25, -0.2) is 0 Å². The number of carbonyl (C=O) groups is 2. The molecule has 0 saturated carbocycles. The second kappa shape index (κ2) is 7.66. The number of hydrogen-bond donors (Lipinski definition) is 1. The summed E-state index contributed by atoms with van der Waals surface area (Å²) in [4.78, 5) is 28.4. The molecule has 0 aliphatic carbocycles. The van der Waals surface area contributed by atoms with Crippen LogP contribution in [0.15, 0.2) is 42.5 Å². The molecule has 2 amide bonds. The standard InChI is InChI=1S/C20H25N3O2/c1-22(2)10-11-23-14-17(12-19(23)24)20(25)21-13-16-8-5-7-15-6-3-4-9-18(15)16/h3-9,17H,10-14H2,1-2H3,(H,21,25)/t17-/m0/s1. The zero-order chi connectivity index (χ0) is 17.8. The summed E-state index contributed by atoms with van der Waals surface area (Å²) < 4.78 is 0.